The SMILES string of the molecule is COc1cc(NC2CCN(C(=O)N3CCOCC3)CC2)ncn1. The summed E-state index contributed by atoms with van der Waals surface area (Å²) in [5, 5.41) is 3.39. The van der Waals surface area contributed by atoms with Gasteiger partial charge in [0.05, 0.1) is 20.3 Å². The Kier molecular flexibility index (Phi) is 5.12. The zero-order chi connectivity index (χ0) is 16.1. The van der Waals surface area contributed by atoms with E-state index in [0.29, 0.717) is 38.2 Å². The van der Waals surface area contributed by atoms with E-state index in [0.717, 1.165) is 31.7 Å². The second-order valence-corrected chi connectivity index (χ2v) is 5.73. The quantitative estimate of drug-likeness (QED) is 0.887. The van der Waals surface area contributed by atoms with Crippen LogP contribution in [0.1, 0.15) is 12.8 Å². The van der Waals surface area contributed by atoms with E-state index in [1.165, 1.54) is 6.33 Å². The van der Waals surface area contributed by atoms with Crippen LogP contribution in [0.4, 0.5) is 10.6 Å². The van der Waals surface area contributed by atoms with E-state index >= 15 is 0 Å². The molecule has 1 aromatic rings. The first-order valence-corrected chi connectivity index (χ1v) is 8.00. The van der Waals surface area contributed by atoms with Crippen molar-refractivity contribution >= 4 is 11.8 Å². The fraction of sp³-hybridized carbons (Fsp3) is 0.667. The lowest BCUT2D eigenvalue weighted by Crippen LogP contribution is -2.51. The van der Waals surface area contributed by atoms with E-state index in [-0.39, 0.29) is 6.03 Å². The van der Waals surface area contributed by atoms with Crippen molar-refractivity contribution in [3.05, 3.63) is 12.4 Å². The number of hydrogen-bond donors (Lipinski definition) is 1. The van der Waals surface area contributed by atoms with Crippen LogP contribution < -0.4 is 10.1 Å². The average Bonchev–Trinajstić information content (AvgIpc) is 2.63. The van der Waals surface area contributed by atoms with Gasteiger partial charge in [-0.15, -0.1) is 0 Å². The molecular weight excluding hydrogens is 298 g/mol. The Morgan fingerprint density at radius 3 is 2.61 bits per heavy atom. The number of piperidine rings is 1. The zero-order valence-electron chi connectivity index (χ0n) is 13.4. The summed E-state index contributed by atoms with van der Waals surface area (Å²) in [6.45, 7) is 4.18. The van der Waals surface area contributed by atoms with Crippen molar-refractivity contribution in [1.82, 2.24) is 19.8 Å². The topological polar surface area (TPSA) is 79.8 Å². The first-order valence-electron chi connectivity index (χ1n) is 8.00. The summed E-state index contributed by atoms with van der Waals surface area (Å²) >= 11 is 0. The summed E-state index contributed by atoms with van der Waals surface area (Å²) in [7, 11) is 1.59. The van der Waals surface area contributed by atoms with Crippen LogP contribution >= 0.6 is 0 Å². The van der Waals surface area contributed by atoms with Crippen molar-refractivity contribution in [3.63, 3.8) is 0 Å². The lowest BCUT2D eigenvalue weighted by Gasteiger charge is -2.37. The number of carbonyl (C=O) groups is 1. The number of carbonyl (C=O) groups excluding carboxylic acids is 1. The van der Waals surface area contributed by atoms with Crippen molar-refractivity contribution in [2.24, 2.45) is 0 Å². The minimum atomic E-state index is 0.135. The van der Waals surface area contributed by atoms with Crippen LogP contribution in [-0.2, 0) is 4.74 Å². The van der Waals surface area contributed by atoms with Crippen LogP contribution in [0.2, 0.25) is 0 Å². The highest BCUT2D eigenvalue weighted by Crippen LogP contribution is 2.18. The second kappa shape index (κ2) is 7.45. The molecule has 1 N–H and O–H groups in total. The molecule has 23 heavy (non-hydrogen) atoms. The van der Waals surface area contributed by atoms with E-state index in [4.69, 9.17) is 9.47 Å². The Labute approximate surface area is 135 Å². The Balaban J connectivity index is 1.48. The fourth-order valence-corrected chi connectivity index (χ4v) is 2.91. The number of hydrogen-bond acceptors (Lipinski definition) is 6. The molecule has 2 aliphatic heterocycles. The van der Waals surface area contributed by atoms with Crippen LogP contribution in [0.15, 0.2) is 12.4 Å². The van der Waals surface area contributed by atoms with Gasteiger partial charge in [0.1, 0.15) is 12.1 Å². The third-order valence-corrected chi connectivity index (χ3v) is 4.25. The molecule has 1 aromatic heterocycles. The molecule has 0 radical (unpaired) electrons. The highest BCUT2D eigenvalue weighted by molar-refractivity contribution is 5.74. The standard InChI is InChI=1S/C15H23N5O3/c1-22-14-10-13(16-11-17-14)18-12-2-4-19(5-3-12)15(21)20-6-8-23-9-7-20/h10-12H,2-9H2,1H3,(H,16,17,18). The van der Waals surface area contributed by atoms with Gasteiger partial charge in [-0.25, -0.2) is 14.8 Å². The molecule has 0 aromatic carbocycles. The van der Waals surface area contributed by atoms with Gasteiger partial charge in [0.2, 0.25) is 5.88 Å². The maximum atomic E-state index is 12.4. The summed E-state index contributed by atoms with van der Waals surface area (Å²) in [4.78, 5) is 24.5. The molecule has 2 fully saturated rings. The van der Waals surface area contributed by atoms with Gasteiger partial charge >= 0.3 is 6.03 Å². The van der Waals surface area contributed by atoms with Gasteiger partial charge in [-0.1, -0.05) is 0 Å². The smallest absolute Gasteiger partial charge is 0.320 e. The van der Waals surface area contributed by atoms with Crippen LogP contribution in [0.3, 0.4) is 0 Å². The highest BCUT2D eigenvalue weighted by Gasteiger charge is 2.27. The van der Waals surface area contributed by atoms with Crippen molar-refractivity contribution in [3.8, 4) is 5.88 Å². The van der Waals surface area contributed by atoms with Crippen LogP contribution in [0, 0.1) is 0 Å². The molecule has 0 aliphatic carbocycles. The minimum Gasteiger partial charge on any atom is -0.481 e. The number of urea groups is 1. The first kappa shape index (κ1) is 15.8. The van der Waals surface area contributed by atoms with E-state index in [1.54, 1.807) is 13.2 Å². The molecule has 3 heterocycles. The summed E-state index contributed by atoms with van der Waals surface area (Å²) in [5.74, 6) is 1.30. The number of morpholine rings is 1. The van der Waals surface area contributed by atoms with Crippen molar-refractivity contribution in [2.45, 2.75) is 18.9 Å². The predicted molar refractivity (Wildman–Crippen MR) is 84.6 cm³/mol. The number of likely N-dealkylation sites (tertiary alicyclic amines) is 1. The lowest BCUT2D eigenvalue weighted by molar-refractivity contribution is 0.0414. The molecular formula is C15H23N5O3. The molecule has 126 valence electrons. The molecule has 0 spiro atoms. The van der Waals surface area contributed by atoms with Crippen molar-refractivity contribution in [2.75, 3.05) is 51.8 Å². The van der Waals surface area contributed by atoms with Crippen molar-refractivity contribution in [1.29, 1.82) is 0 Å². The molecule has 2 amide bonds. The van der Waals surface area contributed by atoms with E-state index in [9.17, 15) is 4.79 Å². The number of aromatic nitrogens is 2. The average molecular weight is 321 g/mol. The zero-order valence-corrected chi connectivity index (χ0v) is 13.4. The summed E-state index contributed by atoms with van der Waals surface area (Å²) in [6.07, 6.45) is 3.29. The number of amides is 2. The van der Waals surface area contributed by atoms with Gasteiger partial charge < -0.3 is 24.6 Å². The fourth-order valence-electron chi connectivity index (χ4n) is 2.91. The highest BCUT2D eigenvalue weighted by atomic mass is 16.5. The predicted octanol–water partition coefficient (Wildman–Crippen LogP) is 0.814. The normalized spacial score (nSPS) is 19.5. The summed E-state index contributed by atoms with van der Waals surface area (Å²) in [5.41, 5.74) is 0. The number of methoxy groups -OCH3 is 1. The van der Waals surface area contributed by atoms with Crippen LogP contribution in [-0.4, -0.2) is 78.3 Å². The Morgan fingerprint density at radius 2 is 1.91 bits per heavy atom. The third kappa shape index (κ3) is 4.01. The molecule has 0 bridgehead atoms. The molecule has 8 nitrogen and oxygen atoms in total. The van der Waals surface area contributed by atoms with Gasteiger partial charge in [-0.3, -0.25) is 0 Å². The Bertz CT molecular complexity index is 528. The van der Waals surface area contributed by atoms with Gasteiger partial charge in [0.15, 0.2) is 0 Å². The summed E-state index contributed by atoms with van der Waals surface area (Å²) in [6, 6.07) is 2.23. The molecule has 8 heteroatoms. The molecule has 2 saturated heterocycles. The number of ether oxygens (including phenoxy) is 2. The summed E-state index contributed by atoms with van der Waals surface area (Å²) < 4.78 is 10.4. The Morgan fingerprint density at radius 1 is 1.22 bits per heavy atom. The second-order valence-electron chi connectivity index (χ2n) is 5.73. The third-order valence-electron chi connectivity index (χ3n) is 4.25. The maximum Gasteiger partial charge on any atom is 0.320 e. The van der Waals surface area contributed by atoms with Gasteiger partial charge in [-0.2, -0.15) is 0 Å². The van der Waals surface area contributed by atoms with Gasteiger partial charge in [-0.05, 0) is 12.8 Å². The van der Waals surface area contributed by atoms with Crippen LogP contribution in [0.25, 0.3) is 0 Å². The largest absolute Gasteiger partial charge is 0.481 e. The van der Waals surface area contributed by atoms with Gasteiger partial charge in [0, 0.05) is 38.3 Å². The number of nitrogens with zero attached hydrogens (tertiary/aromatic N) is 4. The van der Waals surface area contributed by atoms with E-state index in [2.05, 4.69) is 15.3 Å². The van der Waals surface area contributed by atoms with E-state index in [1.807, 2.05) is 9.80 Å². The monoisotopic (exact) mass is 321 g/mol. The van der Waals surface area contributed by atoms with Crippen LogP contribution in [0.5, 0.6) is 5.88 Å². The first-order chi connectivity index (χ1) is 11.3. The number of nitrogens with one attached hydrogen (secondary N) is 1. The molecule has 0 atom stereocenters. The Hall–Kier alpha value is -2.09. The molecule has 0 saturated carbocycles. The molecule has 0 unspecified atom stereocenters. The number of rotatable bonds is 3. The van der Waals surface area contributed by atoms with Crippen molar-refractivity contribution < 1.29 is 14.3 Å². The lowest BCUT2D eigenvalue weighted by atomic mass is 10.1. The van der Waals surface area contributed by atoms with Gasteiger partial charge in [0.25, 0.3) is 0 Å². The maximum absolute atomic E-state index is 12.4. The van der Waals surface area contributed by atoms with E-state index < -0.39 is 0 Å². The minimum absolute atomic E-state index is 0.135. The molecule has 2 aliphatic rings. The molecule has 3 rings (SSSR count). The number of anilines is 1.